The van der Waals surface area contributed by atoms with Crippen molar-refractivity contribution < 1.29 is 43.6 Å². The molecule has 192 valence electrons. The van der Waals surface area contributed by atoms with Crippen LogP contribution in [0.4, 0.5) is 0 Å². The lowest BCUT2D eigenvalue weighted by molar-refractivity contribution is -0.162. The molecule has 6 rings (SSSR count). The van der Waals surface area contributed by atoms with Crippen LogP contribution in [0.5, 0.6) is 0 Å². The zero-order valence-electron chi connectivity index (χ0n) is 20.6. The fourth-order valence-electron chi connectivity index (χ4n) is 8.74. The smallest absolute Gasteiger partial charge is 0.335 e. The third-order valence-corrected chi connectivity index (χ3v) is 10.2. The molecule has 9 atom stereocenters. The number of methoxy groups -OCH3 is 1. The second-order valence-corrected chi connectivity index (χ2v) is 11.7. The lowest BCUT2D eigenvalue weighted by Gasteiger charge is -2.49. The molecule has 3 N–H and O–H groups in total. The fourth-order valence-corrected chi connectivity index (χ4v) is 8.74. The molecule has 1 aromatic rings. The SMILES string of the molecule is COC(=O)[C@H](O)[C@H]1[C@@]2(C)C[C@]3(O)[C@@H](C4=C(CC[C@]5(C)C4=CC(=O)O[C@H]5c4ccoc4)[C@]13C)[C@@H](O)C2=O. The molecule has 2 heterocycles. The number of ketones is 1. The molecular formula is C27H30O9. The van der Waals surface area contributed by atoms with Crippen molar-refractivity contribution in [1.82, 2.24) is 0 Å². The molecule has 2 fully saturated rings. The molecule has 0 aromatic carbocycles. The van der Waals surface area contributed by atoms with Crippen molar-refractivity contribution in [2.45, 2.75) is 63.9 Å². The first-order valence-corrected chi connectivity index (χ1v) is 12.3. The van der Waals surface area contributed by atoms with Gasteiger partial charge in [0.2, 0.25) is 0 Å². The summed E-state index contributed by atoms with van der Waals surface area (Å²) < 4.78 is 15.8. The van der Waals surface area contributed by atoms with E-state index in [0.717, 1.165) is 12.7 Å². The Bertz CT molecular complexity index is 1260. The molecule has 2 bridgehead atoms. The number of fused-ring (bicyclic) bond motifs is 5. The molecule has 5 aliphatic rings. The van der Waals surface area contributed by atoms with Crippen molar-refractivity contribution in [3.8, 4) is 0 Å². The Kier molecular flexibility index (Phi) is 4.57. The largest absolute Gasteiger partial charge is 0.472 e. The molecule has 0 amide bonds. The predicted octanol–water partition coefficient (Wildman–Crippen LogP) is 1.77. The van der Waals surface area contributed by atoms with Crippen molar-refractivity contribution in [3.05, 3.63) is 47.0 Å². The van der Waals surface area contributed by atoms with Gasteiger partial charge in [0.05, 0.1) is 25.2 Å². The van der Waals surface area contributed by atoms with Crippen LogP contribution in [-0.2, 0) is 23.9 Å². The molecule has 1 aromatic heterocycles. The first-order chi connectivity index (χ1) is 16.9. The van der Waals surface area contributed by atoms with Crippen LogP contribution in [0.1, 0.15) is 51.7 Å². The van der Waals surface area contributed by atoms with Crippen LogP contribution < -0.4 is 0 Å². The van der Waals surface area contributed by atoms with Crippen LogP contribution in [0, 0.1) is 28.1 Å². The van der Waals surface area contributed by atoms with Gasteiger partial charge in [-0.25, -0.2) is 9.59 Å². The van der Waals surface area contributed by atoms with Gasteiger partial charge in [0.15, 0.2) is 11.9 Å². The Morgan fingerprint density at radius 2 is 1.94 bits per heavy atom. The minimum absolute atomic E-state index is 0.0254. The lowest BCUT2D eigenvalue weighted by atomic mass is 9.56. The zero-order valence-corrected chi connectivity index (χ0v) is 20.6. The average molecular weight is 499 g/mol. The van der Waals surface area contributed by atoms with Gasteiger partial charge in [0.25, 0.3) is 0 Å². The van der Waals surface area contributed by atoms with E-state index in [-0.39, 0.29) is 6.42 Å². The summed E-state index contributed by atoms with van der Waals surface area (Å²) in [5, 5.41) is 34.9. The summed E-state index contributed by atoms with van der Waals surface area (Å²) in [6.07, 6.45) is 1.51. The normalized spacial score (nSPS) is 45.6. The highest BCUT2D eigenvalue weighted by atomic mass is 16.5. The third kappa shape index (κ3) is 2.40. The highest BCUT2D eigenvalue weighted by molar-refractivity contribution is 5.95. The van der Waals surface area contributed by atoms with Crippen molar-refractivity contribution in [3.63, 3.8) is 0 Å². The Balaban J connectivity index is 1.60. The molecule has 4 aliphatic carbocycles. The third-order valence-electron chi connectivity index (χ3n) is 10.2. The first-order valence-electron chi connectivity index (χ1n) is 12.3. The monoisotopic (exact) mass is 498 g/mol. The number of cyclic esters (lactones) is 1. The van der Waals surface area contributed by atoms with Crippen LogP contribution in [0.15, 0.2) is 45.8 Å². The second kappa shape index (κ2) is 6.96. The predicted molar refractivity (Wildman–Crippen MR) is 122 cm³/mol. The molecule has 0 saturated heterocycles. The summed E-state index contributed by atoms with van der Waals surface area (Å²) in [5.74, 6) is -4.02. The number of ether oxygens (including phenoxy) is 2. The summed E-state index contributed by atoms with van der Waals surface area (Å²) in [6.45, 7) is 5.34. The highest BCUT2D eigenvalue weighted by Crippen LogP contribution is 2.77. The molecule has 0 unspecified atom stereocenters. The van der Waals surface area contributed by atoms with E-state index in [9.17, 15) is 29.7 Å². The van der Waals surface area contributed by atoms with E-state index in [1.165, 1.54) is 18.6 Å². The number of rotatable bonds is 3. The number of hydrogen-bond donors (Lipinski definition) is 3. The number of carbonyl (C=O) groups is 3. The molecule has 9 heteroatoms. The van der Waals surface area contributed by atoms with Gasteiger partial charge in [-0.05, 0) is 36.5 Å². The van der Waals surface area contributed by atoms with Crippen molar-refractivity contribution >= 4 is 17.7 Å². The average Bonchev–Trinajstić information content (AvgIpc) is 3.46. The van der Waals surface area contributed by atoms with Gasteiger partial charge in [-0.3, -0.25) is 4.79 Å². The quantitative estimate of drug-likeness (QED) is 0.531. The number of hydrogen-bond acceptors (Lipinski definition) is 9. The lowest BCUT2D eigenvalue weighted by Crippen LogP contribution is -2.56. The van der Waals surface area contributed by atoms with Crippen molar-refractivity contribution in [1.29, 1.82) is 0 Å². The molecule has 36 heavy (non-hydrogen) atoms. The number of esters is 2. The van der Waals surface area contributed by atoms with Crippen molar-refractivity contribution in [2.24, 2.45) is 28.1 Å². The van der Waals surface area contributed by atoms with Gasteiger partial charge in [-0.2, -0.15) is 0 Å². The number of furan rings is 1. The van der Waals surface area contributed by atoms with E-state index in [2.05, 4.69) is 0 Å². The first kappa shape index (κ1) is 23.6. The maximum atomic E-state index is 13.7. The van der Waals surface area contributed by atoms with E-state index in [4.69, 9.17) is 13.9 Å². The Morgan fingerprint density at radius 3 is 2.58 bits per heavy atom. The van der Waals surface area contributed by atoms with Gasteiger partial charge in [-0.15, -0.1) is 0 Å². The number of aliphatic hydroxyl groups excluding tert-OH is 2. The Morgan fingerprint density at radius 1 is 1.22 bits per heavy atom. The summed E-state index contributed by atoms with van der Waals surface area (Å²) in [5.41, 5.74) is -2.23. The van der Waals surface area contributed by atoms with Gasteiger partial charge in [0, 0.05) is 39.7 Å². The van der Waals surface area contributed by atoms with E-state index in [1.54, 1.807) is 19.9 Å². The van der Waals surface area contributed by atoms with Crippen LogP contribution >= 0.6 is 0 Å². The Hall–Kier alpha value is -2.75. The standard InChI is InChI=1S/C27H30O9/c1-24-7-5-13-16(14(24)9-15(28)36-22(24)12-6-8-35-10-12)17-18(29)21(31)25(2)11-27(17,33)26(13,3)20(25)19(30)23(32)34-4/h6,8-10,17-20,22,29-30,33H,5,7,11H2,1-4H3/t17-,18+,19+,20-,22-,24+,25+,26+,27-/m0/s1. The van der Waals surface area contributed by atoms with Crippen LogP contribution in [0.3, 0.4) is 0 Å². The molecule has 0 radical (unpaired) electrons. The summed E-state index contributed by atoms with van der Waals surface area (Å²) in [4.78, 5) is 39.1. The molecule has 9 nitrogen and oxygen atoms in total. The van der Waals surface area contributed by atoms with Crippen molar-refractivity contribution in [2.75, 3.05) is 7.11 Å². The van der Waals surface area contributed by atoms with Gasteiger partial charge in [-0.1, -0.05) is 26.3 Å². The van der Waals surface area contributed by atoms with E-state index in [0.29, 0.717) is 29.6 Å². The number of carbonyl (C=O) groups excluding carboxylic acids is 3. The van der Waals surface area contributed by atoms with Crippen LogP contribution in [0.2, 0.25) is 0 Å². The highest BCUT2D eigenvalue weighted by Gasteiger charge is 2.82. The minimum atomic E-state index is -1.68. The van der Waals surface area contributed by atoms with Gasteiger partial charge < -0.3 is 29.2 Å². The fraction of sp³-hybridized carbons (Fsp3) is 0.593. The Labute approximate surface area is 207 Å². The maximum Gasteiger partial charge on any atom is 0.335 e. The maximum absolute atomic E-state index is 13.7. The number of aliphatic hydroxyl groups is 3. The number of Topliss-reactive ketones (excluding diaryl/α,β-unsaturated/α-hetero) is 1. The minimum Gasteiger partial charge on any atom is -0.472 e. The van der Waals surface area contributed by atoms with Gasteiger partial charge in [0.1, 0.15) is 12.2 Å². The summed E-state index contributed by atoms with van der Waals surface area (Å²) in [6, 6.07) is 1.74. The zero-order chi connectivity index (χ0) is 26.0. The molecule has 0 spiro atoms. The van der Waals surface area contributed by atoms with E-state index < -0.39 is 69.7 Å². The van der Waals surface area contributed by atoms with Gasteiger partial charge >= 0.3 is 11.9 Å². The van der Waals surface area contributed by atoms with E-state index >= 15 is 0 Å². The van der Waals surface area contributed by atoms with E-state index in [1.807, 2.05) is 6.92 Å². The summed E-state index contributed by atoms with van der Waals surface area (Å²) >= 11 is 0. The molecule has 1 aliphatic heterocycles. The summed E-state index contributed by atoms with van der Waals surface area (Å²) in [7, 11) is 1.16. The van der Waals surface area contributed by atoms with Crippen LogP contribution in [-0.4, -0.2) is 58.0 Å². The molecular weight excluding hydrogens is 468 g/mol. The molecule has 2 saturated carbocycles. The second-order valence-electron chi connectivity index (χ2n) is 11.7. The van der Waals surface area contributed by atoms with Crippen LogP contribution in [0.25, 0.3) is 0 Å². The topological polar surface area (TPSA) is 144 Å².